The zero-order valence-corrected chi connectivity index (χ0v) is 10.9. The van der Waals surface area contributed by atoms with Crippen LogP contribution >= 0.6 is 0 Å². The molecule has 5 nitrogen and oxygen atoms in total. The van der Waals surface area contributed by atoms with Crippen molar-refractivity contribution in [1.29, 1.82) is 0 Å². The van der Waals surface area contributed by atoms with E-state index in [2.05, 4.69) is 0 Å². The third-order valence-corrected chi connectivity index (χ3v) is 2.42. The van der Waals surface area contributed by atoms with Crippen LogP contribution < -0.4 is 9.47 Å². The molecule has 18 heavy (non-hydrogen) atoms. The molecule has 0 N–H and O–H groups in total. The number of hydrogen-bond donors (Lipinski definition) is 0. The molecule has 1 aromatic rings. The topological polar surface area (TPSA) is 61.8 Å². The van der Waals surface area contributed by atoms with E-state index in [0.29, 0.717) is 17.1 Å². The van der Waals surface area contributed by atoms with Gasteiger partial charge in [0, 0.05) is 6.07 Å². The summed E-state index contributed by atoms with van der Waals surface area (Å²) in [6.07, 6.45) is 0. The number of hydrogen-bond acceptors (Lipinski definition) is 5. The Balaban J connectivity index is 3.23. The quantitative estimate of drug-likeness (QED) is 0.454. The number of aryl methyl sites for hydroxylation is 1. The fraction of sp³-hybridized carbons (Fsp3) is 0.385. The lowest BCUT2D eigenvalue weighted by atomic mass is 10.0. The van der Waals surface area contributed by atoms with Gasteiger partial charge in [-0.3, -0.25) is 4.79 Å². The van der Waals surface area contributed by atoms with Crippen LogP contribution in [0.5, 0.6) is 11.5 Å². The number of esters is 1. The van der Waals surface area contributed by atoms with Crippen LogP contribution in [-0.4, -0.2) is 32.6 Å². The molecular weight excluding hydrogens is 236 g/mol. The van der Waals surface area contributed by atoms with E-state index in [0.717, 1.165) is 0 Å². The molecular formula is C13H16O5. The van der Waals surface area contributed by atoms with Crippen molar-refractivity contribution >= 4 is 11.8 Å². The average Bonchev–Trinajstić information content (AvgIpc) is 2.37. The molecule has 0 radical (unpaired) electrons. The smallest absolute Gasteiger partial charge is 0.379 e. The predicted octanol–water partition coefficient (Wildman–Crippen LogP) is 1.76. The maximum atomic E-state index is 11.9. The Bertz CT molecular complexity index is 465. The Hall–Kier alpha value is -2.04. The van der Waals surface area contributed by atoms with Crippen LogP contribution in [0.1, 0.15) is 22.8 Å². The SMILES string of the molecule is CCOC(=O)C(=O)c1c(C)cc(OC)cc1OC. The highest BCUT2D eigenvalue weighted by atomic mass is 16.5. The molecule has 0 aliphatic carbocycles. The van der Waals surface area contributed by atoms with Crippen LogP contribution in [0.3, 0.4) is 0 Å². The minimum Gasteiger partial charge on any atom is -0.497 e. The van der Waals surface area contributed by atoms with Gasteiger partial charge in [-0.1, -0.05) is 0 Å². The number of carbonyl (C=O) groups is 2. The number of rotatable bonds is 5. The highest BCUT2D eigenvalue weighted by Gasteiger charge is 2.24. The van der Waals surface area contributed by atoms with Crippen LogP contribution in [0.25, 0.3) is 0 Å². The molecule has 0 fully saturated rings. The molecule has 0 saturated heterocycles. The summed E-state index contributed by atoms with van der Waals surface area (Å²) in [6.45, 7) is 3.50. The summed E-state index contributed by atoms with van der Waals surface area (Å²) in [6, 6.07) is 3.22. The Labute approximate surface area is 106 Å². The molecule has 0 aliphatic rings. The maximum absolute atomic E-state index is 11.9. The highest BCUT2D eigenvalue weighted by molar-refractivity contribution is 6.41. The van der Waals surface area contributed by atoms with Crippen LogP contribution in [-0.2, 0) is 9.53 Å². The van der Waals surface area contributed by atoms with Crippen molar-refractivity contribution in [2.45, 2.75) is 13.8 Å². The van der Waals surface area contributed by atoms with E-state index in [4.69, 9.17) is 14.2 Å². The molecule has 0 unspecified atom stereocenters. The van der Waals surface area contributed by atoms with E-state index < -0.39 is 11.8 Å². The van der Waals surface area contributed by atoms with Crippen LogP contribution in [0.15, 0.2) is 12.1 Å². The first-order valence-electron chi connectivity index (χ1n) is 5.49. The summed E-state index contributed by atoms with van der Waals surface area (Å²) in [7, 11) is 2.94. The number of ketones is 1. The molecule has 1 rings (SSSR count). The van der Waals surface area contributed by atoms with E-state index >= 15 is 0 Å². The molecule has 5 heteroatoms. The first-order valence-corrected chi connectivity index (χ1v) is 5.49. The van der Waals surface area contributed by atoms with Crippen molar-refractivity contribution < 1.29 is 23.8 Å². The Morgan fingerprint density at radius 3 is 2.33 bits per heavy atom. The van der Waals surface area contributed by atoms with Gasteiger partial charge in [-0.25, -0.2) is 4.79 Å². The monoisotopic (exact) mass is 252 g/mol. The lowest BCUT2D eigenvalue weighted by molar-refractivity contribution is -0.137. The Morgan fingerprint density at radius 2 is 1.83 bits per heavy atom. The van der Waals surface area contributed by atoms with Gasteiger partial charge < -0.3 is 14.2 Å². The van der Waals surface area contributed by atoms with Crippen molar-refractivity contribution in [2.75, 3.05) is 20.8 Å². The average molecular weight is 252 g/mol. The second-order valence-corrected chi connectivity index (χ2v) is 3.57. The van der Waals surface area contributed by atoms with Gasteiger partial charge >= 0.3 is 5.97 Å². The van der Waals surface area contributed by atoms with Gasteiger partial charge in [0.15, 0.2) is 0 Å². The molecule has 0 aliphatic heterocycles. The molecule has 0 amide bonds. The normalized spacial score (nSPS) is 9.78. The van der Waals surface area contributed by atoms with Crippen molar-refractivity contribution in [3.63, 3.8) is 0 Å². The van der Waals surface area contributed by atoms with Gasteiger partial charge in [0.2, 0.25) is 0 Å². The van der Waals surface area contributed by atoms with E-state index in [1.807, 2.05) is 0 Å². The summed E-state index contributed by atoms with van der Waals surface area (Å²) in [5.41, 5.74) is 0.806. The minimum absolute atomic E-state index is 0.155. The molecule has 98 valence electrons. The second kappa shape index (κ2) is 6.05. The van der Waals surface area contributed by atoms with Gasteiger partial charge in [0.25, 0.3) is 5.78 Å². The lowest BCUT2D eigenvalue weighted by Crippen LogP contribution is -2.19. The van der Waals surface area contributed by atoms with E-state index in [1.165, 1.54) is 14.2 Å². The van der Waals surface area contributed by atoms with Crippen LogP contribution in [0, 0.1) is 6.92 Å². The van der Waals surface area contributed by atoms with E-state index in [1.54, 1.807) is 26.0 Å². The molecule has 0 bridgehead atoms. The zero-order valence-electron chi connectivity index (χ0n) is 10.9. The van der Waals surface area contributed by atoms with Gasteiger partial charge in [-0.15, -0.1) is 0 Å². The van der Waals surface area contributed by atoms with Crippen LogP contribution in [0.2, 0.25) is 0 Å². The number of methoxy groups -OCH3 is 2. The highest BCUT2D eigenvalue weighted by Crippen LogP contribution is 2.28. The van der Waals surface area contributed by atoms with E-state index in [-0.39, 0.29) is 12.2 Å². The second-order valence-electron chi connectivity index (χ2n) is 3.57. The predicted molar refractivity (Wildman–Crippen MR) is 65.2 cm³/mol. The zero-order chi connectivity index (χ0) is 13.7. The number of ether oxygens (including phenoxy) is 3. The van der Waals surface area contributed by atoms with Gasteiger partial charge in [-0.05, 0) is 25.5 Å². The molecule has 0 atom stereocenters. The van der Waals surface area contributed by atoms with Crippen molar-refractivity contribution in [2.24, 2.45) is 0 Å². The number of benzene rings is 1. The summed E-state index contributed by atoms with van der Waals surface area (Å²) < 4.78 is 14.9. The summed E-state index contributed by atoms with van der Waals surface area (Å²) in [5, 5.41) is 0. The van der Waals surface area contributed by atoms with Crippen molar-refractivity contribution in [1.82, 2.24) is 0 Å². The summed E-state index contributed by atoms with van der Waals surface area (Å²) >= 11 is 0. The molecule has 0 aromatic heterocycles. The van der Waals surface area contributed by atoms with Crippen molar-refractivity contribution in [3.05, 3.63) is 23.3 Å². The first kappa shape index (κ1) is 14.0. The molecule has 0 saturated carbocycles. The largest absolute Gasteiger partial charge is 0.497 e. The Morgan fingerprint density at radius 1 is 1.17 bits per heavy atom. The maximum Gasteiger partial charge on any atom is 0.379 e. The minimum atomic E-state index is -0.885. The lowest BCUT2D eigenvalue weighted by Gasteiger charge is -2.12. The Kier molecular flexibility index (Phi) is 4.71. The molecule has 0 heterocycles. The van der Waals surface area contributed by atoms with Gasteiger partial charge in [0.1, 0.15) is 11.5 Å². The summed E-state index contributed by atoms with van der Waals surface area (Å²) in [4.78, 5) is 23.4. The van der Waals surface area contributed by atoms with Crippen molar-refractivity contribution in [3.8, 4) is 11.5 Å². The number of Topliss-reactive ketones (excluding diaryl/α,β-unsaturated/α-hetero) is 1. The third kappa shape index (κ3) is 2.80. The third-order valence-electron chi connectivity index (χ3n) is 2.42. The first-order chi connectivity index (χ1) is 8.54. The fourth-order valence-electron chi connectivity index (χ4n) is 1.59. The van der Waals surface area contributed by atoms with Gasteiger partial charge in [-0.2, -0.15) is 0 Å². The van der Waals surface area contributed by atoms with Crippen LogP contribution in [0.4, 0.5) is 0 Å². The number of carbonyl (C=O) groups excluding carboxylic acids is 2. The molecule has 1 aromatic carbocycles. The standard InChI is InChI=1S/C13H16O5/c1-5-18-13(15)12(14)11-8(2)6-9(16-3)7-10(11)17-4/h6-7H,5H2,1-4H3. The fourth-order valence-corrected chi connectivity index (χ4v) is 1.59. The van der Waals surface area contributed by atoms with E-state index in [9.17, 15) is 9.59 Å². The summed E-state index contributed by atoms with van der Waals surface area (Å²) in [5.74, 6) is -0.743. The molecule has 0 spiro atoms. The van der Waals surface area contributed by atoms with Gasteiger partial charge in [0.05, 0.1) is 26.4 Å².